The first-order chi connectivity index (χ1) is 11.7. The molecule has 1 atom stereocenters. The topological polar surface area (TPSA) is 68.5 Å². The maximum Gasteiger partial charge on any atom is 0.137 e. The Balaban J connectivity index is 1.49. The highest BCUT2D eigenvalue weighted by molar-refractivity contribution is 5.88. The summed E-state index contributed by atoms with van der Waals surface area (Å²) in [6, 6.07) is 8.10. The molecule has 2 aromatic heterocycles. The van der Waals surface area contributed by atoms with Gasteiger partial charge in [0.2, 0.25) is 0 Å². The van der Waals surface area contributed by atoms with Crippen molar-refractivity contribution in [2.45, 2.75) is 39.2 Å². The predicted octanol–water partition coefficient (Wildman–Crippen LogP) is 3.02. The van der Waals surface area contributed by atoms with Crippen molar-refractivity contribution >= 4 is 16.7 Å². The molecule has 1 aliphatic rings. The molecule has 6 heteroatoms. The zero-order valence-electron chi connectivity index (χ0n) is 14.1. The van der Waals surface area contributed by atoms with Gasteiger partial charge in [-0.05, 0) is 24.5 Å². The summed E-state index contributed by atoms with van der Waals surface area (Å²) >= 11 is 0. The van der Waals surface area contributed by atoms with Gasteiger partial charge in [0.25, 0.3) is 0 Å². The van der Waals surface area contributed by atoms with Crippen molar-refractivity contribution in [3.05, 3.63) is 42.2 Å². The summed E-state index contributed by atoms with van der Waals surface area (Å²) in [5.74, 6) is 4.10. The molecule has 24 heavy (non-hydrogen) atoms. The predicted molar refractivity (Wildman–Crippen MR) is 93.9 cm³/mol. The van der Waals surface area contributed by atoms with E-state index in [9.17, 15) is 0 Å². The van der Waals surface area contributed by atoms with Crippen LogP contribution in [0.4, 0.5) is 5.82 Å². The van der Waals surface area contributed by atoms with Crippen LogP contribution in [0, 0.1) is 5.92 Å². The van der Waals surface area contributed by atoms with Gasteiger partial charge >= 0.3 is 0 Å². The Labute approximate surface area is 141 Å². The van der Waals surface area contributed by atoms with Gasteiger partial charge in [0.15, 0.2) is 0 Å². The van der Waals surface area contributed by atoms with E-state index in [0.29, 0.717) is 11.8 Å². The van der Waals surface area contributed by atoms with E-state index in [1.165, 1.54) is 0 Å². The molecule has 1 aromatic carbocycles. The van der Waals surface area contributed by atoms with E-state index in [0.717, 1.165) is 54.3 Å². The van der Waals surface area contributed by atoms with Crippen molar-refractivity contribution in [3.8, 4) is 0 Å². The maximum atomic E-state index is 4.42. The number of benzene rings is 1. The van der Waals surface area contributed by atoms with E-state index < -0.39 is 0 Å². The first kappa shape index (κ1) is 15.1. The van der Waals surface area contributed by atoms with E-state index in [2.05, 4.69) is 50.0 Å². The van der Waals surface area contributed by atoms with Crippen LogP contribution in [-0.2, 0) is 13.0 Å². The third kappa shape index (κ3) is 2.72. The summed E-state index contributed by atoms with van der Waals surface area (Å²) in [6.45, 7) is 6.22. The van der Waals surface area contributed by atoms with Gasteiger partial charge < -0.3 is 9.88 Å². The number of rotatable bonds is 4. The van der Waals surface area contributed by atoms with Crippen LogP contribution in [0.2, 0.25) is 0 Å². The normalized spacial score (nSPS) is 17.2. The van der Waals surface area contributed by atoms with E-state index >= 15 is 0 Å². The second-order valence-corrected chi connectivity index (χ2v) is 6.76. The molecule has 0 amide bonds. The number of hydrogen-bond acceptors (Lipinski definition) is 5. The zero-order valence-corrected chi connectivity index (χ0v) is 14.1. The van der Waals surface area contributed by atoms with Gasteiger partial charge in [-0.1, -0.05) is 26.0 Å². The van der Waals surface area contributed by atoms with E-state index in [-0.39, 0.29) is 0 Å². The summed E-state index contributed by atoms with van der Waals surface area (Å²) in [7, 11) is 0. The summed E-state index contributed by atoms with van der Waals surface area (Å²) in [6.07, 6.45) is 3.75. The third-order valence-corrected chi connectivity index (χ3v) is 4.69. The standard InChI is InChI=1S/C18H22N6/c1-12(2)18-23-22-16-8-7-13(10-24(16)18)9-19-17-14-5-3-4-6-15(14)20-11-21-17/h3-6,11-13H,7-10H2,1-2H3,(H,19,20,21). The van der Waals surface area contributed by atoms with Crippen molar-refractivity contribution in [2.24, 2.45) is 5.92 Å². The summed E-state index contributed by atoms with van der Waals surface area (Å²) in [5.41, 5.74) is 0.974. The fourth-order valence-corrected chi connectivity index (χ4v) is 3.40. The fourth-order valence-electron chi connectivity index (χ4n) is 3.40. The lowest BCUT2D eigenvalue weighted by molar-refractivity contribution is 0.371. The minimum atomic E-state index is 0.406. The SMILES string of the molecule is CC(C)c1nnc2n1CC(CNc1ncnc3ccccc13)CC2. The van der Waals surface area contributed by atoms with E-state index in [4.69, 9.17) is 0 Å². The van der Waals surface area contributed by atoms with E-state index in [1.807, 2.05) is 18.2 Å². The average Bonchev–Trinajstić information content (AvgIpc) is 3.03. The quantitative estimate of drug-likeness (QED) is 0.799. The summed E-state index contributed by atoms with van der Waals surface area (Å²) in [4.78, 5) is 8.74. The Morgan fingerprint density at radius 2 is 2.08 bits per heavy atom. The Morgan fingerprint density at radius 1 is 1.21 bits per heavy atom. The van der Waals surface area contributed by atoms with Gasteiger partial charge in [-0.25, -0.2) is 9.97 Å². The highest BCUT2D eigenvalue weighted by atomic mass is 15.3. The molecule has 1 unspecified atom stereocenters. The summed E-state index contributed by atoms with van der Waals surface area (Å²) in [5, 5.41) is 13.3. The Morgan fingerprint density at radius 3 is 2.96 bits per heavy atom. The highest BCUT2D eigenvalue weighted by Gasteiger charge is 2.24. The lowest BCUT2D eigenvalue weighted by Gasteiger charge is -2.25. The largest absolute Gasteiger partial charge is 0.369 e. The van der Waals surface area contributed by atoms with Crippen LogP contribution >= 0.6 is 0 Å². The molecular formula is C18H22N6. The smallest absolute Gasteiger partial charge is 0.137 e. The molecule has 0 aliphatic carbocycles. The molecule has 0 radical (unpaired) electrons. The molecule has 3 heterocycles. The van der Waals surface area contributed by atoms with Gasteiger partial charge in [0, 0.05) is 30.8 Å². The van der Waals surface area contributed by atoms with Crippen LogP contribution in [-0.4, -0.2) is 31.3 Å². The molecule has 1 N–H and O–H groups in total. The van der Waals surface area contributed by atoms with Gasteiger partial charge in [-0.3, -0.25) is 0 Å². The van der Waals surface area contributed by atoms with Crippen molar-refractivity contribution in [1.82, 2.24) is 24.7 Å². The zero-order chi connectivity index (χ0) is 16.5. The van der Waals surface area contributed by atoms with Gasteiger partial charge in [0.1, 0.15) is 23.8 Å². The summed E-state index contributed by atoms with van der Waals surface area (Å²) < 4.78 is 2.30. The maximum absolute atomic E-state index is 4.42. The molecule has 6 nitrogen and oxygen atoms in total. The molecule has 0 bridgehead atoms. The highest BCUT2D eigenvalue weighted by Crippen LogP contribution is 2.25. The minimum Gasteiger partial charge on any atom is -0.369 e. The van der Waals surface area contributed by atoms with Gasteiger partial charge in [-0.2, -0.15) is 0 Å². The molecule has 124 valence electrons. The lowest BCUT2D eigenvalue weighted by Crippen LogP contribution is -2.27. The number of hydrogen-bond donors (Lipinski definition) is 1. The number of anilines is 1. The number of aryl methyl sites for hydroxylation is 1. The third-order valence-electron chi connectivity index (χ3n) is 4.69. The van der Waals surface area contributed by atoms with Gasteiger partial charge in [0.05, 0.1) is 5.52 Å². The van der Waals surface area contributed by atoms with Crippen LogP contribution < -0.4 is 5.32 Å². The molecule has 3 aromatic rings. The number of aromatic nitrogens is 5. The van der Waals surface area contributed by atoms with Crippen molar-refractivity contribution in [1.29, 1.82) is 0 Å². The first-order valence-corrected chi connectivity index (χ1v) is 8.58. The monoisotopic (exact) mass is 322 g/mol. The number of para-hydroxylation sites is 1. The van der Waals surface area contributed by atoms with E-state index in [1.54, 1.807) is 6.33 Å². The number of nitrogens with one attached hydrogen (secondary N) is 1. The average molecular weight is 322 g/mol. The van der Waals surface area contributed by atoms with Gasteiger partial charge in [-0.15, -0.1) is 10.2 Å². The lowest BCUT2D eigenvalue weighted by atomic mass is 9.98. The van der Waals surface area contributed by atoms with Crippen LogP contribution in [0.25, 0.3) is 10.9 Å². The second-order valence-electron chi connectivity index (χ2n) is 6.76. The minimum absolute atomic E-state index is 0.406. The molecule has 0 spiro atoms. The number of fused-ring (bicyclic) bond motifs is 2. The van der Waals surface area contributed by atoms with Crippen LogP contribution in [0.3, 0.4) is 0 Å². The Bertz CT molecular complexity index is 848. The fraction of sp³-hybridized carbons (Fsp3) is 0.444. The van der Waals surface area contributed by atoms with Crippen LogP contribution in [0.15, 0.2) is 30.6 Å². The number of nitrogens with zero attached hydrogens (tertiary/aromatic N) is 5. The molecule has 0 saturated heterocycles. The van der Waals surface area contributed by atoms with Crippen LogP contribution in [0.1, 0.15) is 37.8 Å². The van der Waals surface area contributed by atoms with Crippen molar-refractivity contribution < 1.29 is 0 Å². The Hall–Kier alpha value is -2.50. The van der Waals surface area contributed by atoms with Crippen LogP contribution in [0.5, 0.6) is 0 Å². The Kier molecular flexibility index (Phi) is 3.88. The van der Waals surface area contributed by atoms with Crippen molar-refractivity contribution in [3.63, 3.8) is 0 Å². The second kappa shape index (κ2) is 6.19. The molecule has 4 rings (SSSR count). The van der Waals surface area contributed by atoms with Crippen molar-refractivity contribution in [2.75, 3.05) is 11.9 Å². The molecule has 1 aliphatic heterocycles. The molecular weight excluding hydrogens is 300 g/mol. The molecule has 0 saturated carbocycles. The molecule has 0 fully saturated rings. The first-order valence-electron chi connectivity index (χ1n) is 8.58.